The zero-order valence-electron chi connectivity index (χ0n) is 14.9. The second-order valence-electron chi connectivity index (χ2n) is 6.10. The van der Waals surface area contributed by atoms with Crippen LogP contribution in [0.15, 0.2) is 72.8 Å². The van der Waals surface area contributed by atoms with E-state index in [4.69, 9.17) is 14.2 Å². The standard InChI is InChI=1S/C22H19NO4/c1-23(22(24)19-8-5-9-20-21(19)26-15-14-25-20)16-10-12-18(13-11-16)27-17-6-3-2-4-7-17/h2-13H,14-15H2,1H3. The molecule has 0 saturated carbocycles. The van der Waals surface area contributed by atoms with Gasteiger partial charge in [-0.2, -0.15) is 0 Å². The monoisotopic (exact) mass is 361 g/mol. The maximum Gasteiger partial charge on any atom is 0.261 e. The molecule has 1 amide bonds. The van der Waals surface area contributed by atoms with Crippen LogP contribution >= 0.6 is 0 Å². The van der Waals surface area contributed by atoms with E-state index in [2.05, 4.69) is 0 Å². The number of carbonyl (C=O) groups excluding carboxylic acids is 1. The fourth-order valence-corrected chi connectivity index (χ4v) is 2.90. The molecule has 0 spiro atoms. The van der Waals surface area contributed by atoms with E-state index in [0.29, 0.717) is 36.0 Å². The summed E-state index contributed by atoms with van der Waals surface area (Å²) < 4.78 is 17.0. The Morgan fingerprint density at radius 3 is 2.33 bits per heavy atom. The molecule has 0 N–H and O–H groups in total. The van der Waals surface area contributed by atoms with Crippen molar-refractivity contribution >= 4 is 11.6 Å². The summed E-state index contributed by atoms with van der Waals surface area (Å²) in [6.07, 6.45) is 0. The highest BCUT2D eigenvalue weighted by Crippen LogP contribution is 2.35. The lowest BCUT2D eigenvalue weighted by Gasteiger charge is -2.23. The minimum absolute atomic E-state index is 0.158. The number of amides is 1. The Labute approximate surface area is 157 Å². The van der Waals surface area contributed by atoms with Crippen molar-refractivity contribution in [3.63, 3.8) is 0 Å². The van der Waals surface area contributed by atoms with Crippen LogP contribution < -0.4 is 19.1 Å². The summed E-state index contributed by atoms with van der Waals surface area (Å²) in [4.78, 5) is 14.5. The Morgan fingerprint density at radius 2 is 1.56 bits per heavy atom. The van der Waals surface area contributed by atoms with Gasteiger partial charge in [0.15, 0.2) is 11.5 Å². The van der Waals surface area contributed by atoms with Gasteiger partial charge in [0.25, 0.3) is 5.91 Å². The van der Waals surface area contributed by atoms with Crippen molar-refractivity contribution in [2.75, 3.05) is 25.2 Å². The summed E-state index contributed by atoms with van der Waals surface area (Å²) in [5, 5.41) is 0. The van der Waals surface area contributed by atoms with Crippen molar-refractivity contribution in [3.8, 4) is 23.0 Å². The average molecular weight is 361 g/mol. The molecule has 0 aromatic heterocycles. The first-order chi connectivity index (χ1) is 13.2. The molecule has 3 aromatic carbocycles. The molecule has 0 saturated heterocycles. The molecular weight excluding hydrogens is 342 g/mol. The molecule has 0 aliphatic carbocycles. The van der Waals surface area contributed by atoms with E-state index in [0.717, 1.165) is 11.4 Å². The number of nitrogens with zero attached hydrogens (tertiary/aromatic N) is 1. The lowest BCUT2D eigenvalue weighted by molar-refractivity contribution is 0.0982. The Bertz CT molecular complexity index is 938. The topological polar surface area (TPSA) is 48.0 Å². The molecule has 27 heavy (non-hydrogen) atoms. The van der Waals surface area contributed by atoms with E-state index in [-0.39, 0.29) is 5.91 Å². The minimum Gasteiger partial charge on any atom is -0.486 e. The maximum atomic E-state index is 13.0. The smallest absolute Gasteiger partial charge is 0.261 e. The molecule has 3 aromatic rings. The van der Waals surface area contributed by atoms with E-state index in [1.54, 1.807) is 30.1 Å². The number of ether oxygens (including phenoxy) is 3. The van der Waals surface area contributed by atoms with Crippen LogP contribution in [0, 0.1) is 0 Å². The van der Waals surface area contributed by atoms with Crippen LogP contribution in [-0.4, -0.2) is 26.2 Å². The van der Waals surface area contributed by atoms with Crippen molar-refractivity contribution < 1.29 is 19.0 Å². The number of fused-ring (bicyclic) bond motifs is 1. The first-order valence-corrected chi connectivity index (χ1v) is 8.72. The number of carbonyl (C=O) groups is 1. The van der Waals surface area contributed by atoms with Gasteiger partial charge in [0.1, 0.15) is 24.7 Å². The van der Waals surface area contributed by atoms with E-state index < -0.39 is 0 Å². The number of rotatable bonds is 4. The van der Waals surface area contributed by atoms with Crippen LogP contribution in [-0.2, 0) is 0 Å². The average Bonchev–Trinajstić information content (AvgIpc) is 2.73. The van der Waals surface area contributed by atoms with Gasteiger partial charge < -0.3 is 19.1 Å². The summed E-state index contributed by atoms with van der Waals surface area (Å²) >= 11 is 0. The normalized spacial score (nSPS) is 12.3. The van der Waals surface area contributed by atoms with Gasteiger partial charge in [0, 0.05) is 12.7 Å². The third-order valence-electron chi connectivity index (χ3n) is 4.30. The van der Waals surface area contributed by atoms with Gasteiger partial charge in [-0.05, 0) is 48.5 Å². The number of hydrogen-bond donors (Lipinski definition) is 0. The van der Waals surface area contributed by atoms with Crippen LogP contribution in [0.3, 0.4) is 0 Å². The highest BCUT2D eigenvalue weighted by atomic mass is 16.6. The van der Waals surface area contributed by atoms with Crippen LogP contribution in [0.25, 0.3) is 0 Å². The Kier molecular flexibility index (Phi) is 4.66. The lowest BCUT2D eigenvalue weighted by Crippen LogP contribution is -2.28. The van der Waals surface area contributed by atoms with Gasteiger partial charge in [-0.1, -0.05) is 24.3 Å². The Balaban J connectivity index is 1.53. The molecule has 5 heteroatoms. The number of hydrogen-bond acceptors (Lipinski definition) is 4. The summed E-state index contributed by atoms with van der Waals surface area (Å²) in [6, 6.07) is 22.3. The van der Waals surface area contributed by atoms with E-state index in [1.165, 1.54) is 0 Å². The molecule has 1 aliphatic rings. The van der Waals surface area contributed by atoms with Crippen molar-refractivity contribution in [1.82, 2.24) is 0 Å². The largest absolute Gasteiger partial charge is 0.486 e. The van der Waals surface area contributed by atoms with Gasteiger partial charge in [0.05, 0.1) is 5.56 Å². The molecule has 136 valence electrons. The molecule has 0 atom stereocenters. The molecule has 4 rings (SSSR count). The number of benzene rings is 3. The lowest BCUT2D eigenvalue weighted by atomic mass is 10.1. The van der Waals surface area contributed by atoms with Gasteiger partial charge in [-0.3, -0.25) is 4.79 Å². The first kappa shape index (κ1) is 17.0. The molecular formula is C22H19NO4. The van der Waals surface area contributed by atoms with Crippen LogP contribution in [0.2, 0.25) is 0 Å². The zero-order valence-corrected chi connectivity index (χ0v) is 14.9. The van der Waals surface area contributed by atoms with Gasteiger partial charge in [0.2, 0.25) is 0 Å². The summed E-state index contributed by atoms with van der Waals surface area (Å²) in [6.45, 7) is 0.926. The van der Waals surface area contributed by atoms with Crippen LogP contribution in [0.1, 0.15) is 10.4 Å². The van der Waals surface area contributed by atoms with Gasteiger partial charge in [-0.25, -0.2) is 0 Å². The third-order valence-corrected chi connectivity index (χ3v) is 4.30. The van der Waals surface area contributed by atoms with Crippen LogP contribution in [0.5, 0.6) is 23.0 Å². The van der Waals surface area contributed by atoms with Crippen molar-refractivity contribution in [2.24, 2.45) is 0 Å². The predicted molar refractivity (Wildman–Crippen MR) is 103 cm³/mol. The SMILES string of the molecule is CN(C(=O)c1cccc2c1OCCO2)c1ccc(Oc2ccccc2)cc1. The summed E-state index contributed by atoms with van der Waals surface area (Å²) in [5.41, 5.74) is 1.24. The van der Waals surface area contributed by atoms with Crippen molar-refractivity contribution in [2.45, 2.75) is 0 Å². The second kappa shape index (κ2) is 7.41. The number of para-hydroxylation sites is 2. The van der Waals surface area contributed by atoms with Gasteiger partial charge in [-0.15, -0.1) is 0 Å². The predicted octanol–water partition coefficient (Wildman–Crippen LogP) is 4.53. The van der Waals surface area contributed by atoms with E-state index in [9.17, 15) is 4.79 Å². The molecule has 0 unspecified atom stereocenters. The van der Waals surface area contributed by atoms with Gasteiger partial charge >= 0.3 is 0 Å². The zero-order chi connectivity index (χ0) is 18.6. The summed E-state index contributed by atoms with van der Waals surface area (Å²) in [7, 11) is 1.73. The van der Waals surface area contributed by atoms with Crippen LogP contribution in [0.4, 0.5) is 5.69 Å². The molecule has 0 radical (unpaired) electrons. The minimum atomic E-state index is -0.158. The second-order valence-corrected chi connectivity index (χ2v) is 6.10. The van der Waals surface area contributed by atoms with E-state index in [1.807, 2.05) is 54.6 Å². The summed E-state index contributed by atoms with van der Waals surface area (Å²) in [5.74, 6) is 2.42. The highest BCUT2D eigenvalue weighted by Gasteiger charge is 2.23. The van der Waals surface area contributed by atoms with Crippen molar-refractivity contribution in [1.29, 1.82) is 0 Å². The molecule has 0 fully saturated rings. The fraction of sp³-hybridized carbons (Fsp3) is 0.136. The highest BCUT2D eigenvalue weighted by molar-refractivity contribution is 6.08. The molecule has 5 nitrogen and oxygen atoms in total. The molecule has 1 aliphatic heterocycles. The third kappa shape index (κ3) is 3.58. The fourth-order valence-electron chi connectivity index (χ4n) is 2.90. The Morgan fingerprint density at radius 1 is 0.852 bits per heavy atom. The first-order valence-electron chi connectivity index (χ1n) is 8.72. The maximum absolute atomic E-state index is 13.0. The quantitative estimate of drug-likeness (QED) is 0.685. The molecule has 1 heterocycles. The molecule has 0 bridgehead atoms. The van der Waals surface area contributed by atoms with E-state index >= 15 is 0 Å². The number of anilines is 1. The van der Waals surface area contributed by atoms with Crippen molar-refractivity contribution in [3.05, 3.63) is 78.4 Å². The Hall–Kier alpha value is -3.47.